The summed E-state index contributed by atoms with van der Waals surface area (Å²) in [5.74, 6) is 0.338. The van der Waals surface area contributed by atoms with Crippen LogP contribution < -0.4 is 15.2 Å². The van der Waals surface area contributed by atoms with Gasteiger partial charge in [0.05, 0.1) is 4.90 Å². The lowest BCUT2D eigenvalue weighted by Gasteiger charge is -2.06. The smallest absolute Gasteiger partial charge is 0.272 e. The number of sulfonamides is 1. The molecule has 0 aliphatic rings. The number of benzene rings is 2. The summed E-state index contributed by atoms with van der Waals surface area (Å²) >= 11 is 3.35. The molecule has 1 amide bonds. The molecule has 0 aliphatic heterocycles. The van der Waals surface area contributed by atoms with Crippen LogP contribution in [0.25, 0.3) is 0 Å². The van der Waals surface area contributed by atoms with E-state index in [1.54, 1.807) is 24.4 Å². The van der Waals surface area contributed by atoms with Gasteiger partial charge in [0, 0.05) is 17.2 Å². The van der Waals surface area contributed by atoms with E-state index in [2.05, 4.69) is 26.3 Å². The van der Waals surface area contributed by atoms with E-state index < -0.39 is 10.0 Å². The standard InChI is InChI=1S/C18H17BrN4O4S/c19-14-3-5-15(6-4-14)27-12-23-10-9-17(22-23)18(24)21-11-13-1-7-16(8-2-13)28(20,25)26/h1-10H,11-12H2,(H,21,24)(H2,20,25,26). The molecule has 28 heavy (non-hydrogen) atoms. The van der Waals surface area contributed by atoms with Crippen LogP contribution in [0.5, 0.6) is 5.75 Å². The minimum Gasteiger partial charge on any atom is -0.471 e. The maximum atomic E-state index is 12.2. The Balaban J connectivity index is 1.53. The SMILES string of the molecule is NS(=O)(=O)c1ccc(CNC(=O)c2ccn(COc3ccc(Br)cc3)n2)cc1. The average Bonchev–Trinajstić information content (AvgIpc) is 3.14. The summed E-state index contributed by atoms with van der Waals surface area (Å²) in [6.45, 7) is 0.399. The predicted octanol–water partition coefficient (Wildman–Crippen LogP) is 2.26. The zero-order valence-corrected chi connectivity index (χ0v) is 17.0. The first-order valence-electron chi connectivity index (χ1n) is 8.13. The second-order valence-corrected chi connectivity index (χ2v) is 8.32. The van der Waals surface area contributed by atoms with Crippen LogP contribution in [0, 0.1) is 0 Å². The summed E-state index contributed by atoms with van der Waals surface area (Å²) < 4.78 is 30.5. The molecule has 1 aromatic heterocycles. The zero-order valence-electron chi connectivity index (χ0n) is 14.6. The first-order chi connectivity index (χ1) is 13.3. The van der Waals surface area contributed by atoms with Gasteiger partial charge in [-0.1, -0.05) is 28.1 Å². The maximum Gasteiger partial charge on any atom is 0.272 e. The van der Waals surface area contributed by atoms with Gasteiger partial charge in [-0.3, -0.25) is 4.79 Å². The number of primary sulfonamides is 1. The lowest BCUT2D eigenvalue weighted by Crippen LogP contribution is -2.23. The second kappa shape index (κ2) is 8.55. The fraction of sp³-hybridized carbons (Fsp3) is 0.111. The van der Waals surface area contributed by atoms with E-state index in [1.165, 1.54) is 16.8 Å². The number of nitrogens with one attached hydrogen (secondary N) is 1. The third kappa shape index (κ3) is 5.41. The molecule has 0 atom stereocenters. The van der Waals surface area contributed by atoms with Crippen molar-refractivity contribution in [3.63, 3.8) is 0 Å². The Hall–Kier alpha value is -2.69. The van der Waals surface area contributed by atoms with Crippen LogP contribution in [-0.4, -0.2) is 24.1 Å². The van der Waals surface area contributed by atoms with Crippen LogP contribution >= 0.6 is 15.9 Å². The second-order valence-electron chi connectivity index (χ2n) is 5.84. The quantitative estimate of drug-likeness (QED) is 0.555. The van der Waals surface area contributed by atoms with Gasteiger partial charge in [-0.05, 0) is 48.0 Å². The van der Waals surface area contributed by atoms with Crippen molar-refractivity contribution in [3.05, 3.63) is 76.5 Å². The van der Waals surface area contributed by atoms with Gasteiger partial charge in [0.15, 0.2) is 6.73 Å². The third-order valence-electron chi connectivity index (χ3n) is 3.76. The number of hydrogen-bond acceptors (Lipinski definition) is 5. The molecule has 0 aliphatic carbocycles. The predicted molar refractivity (Wildman–Crippen MR) is 106 cm³/mol. The molecule has 1 heterocycles. The number of carbonyl (C=O) groups is 1. The monoisotopic (exact) mass is 464 g/mol. The molecule has 146 valence electrons. The molecule has 0 saturated carbocycles. The molecule has 3 aromatic rings. The summed E-state index contributed by atoms with van der Waals surface area (Å²) in [5.41, 5.74) is 0.985. The summed E-state index contributed by atoms with van der Waals surface area (Å²) in [6, 6.07) is 14.9. The molecule has 0 saturated heterocycles. The summed E-state index contributed by atoms with van der Waals surface area (Å²) in [6.07, 6.45) is 1.65. The van der Waals surface area contributed by atoms with Crippen LogP contribution in [0.1, 0.15) is 16.1 Å². The molecule has 0 fully saturated rings. The molecule has 0 bridgehead atoms. The molecular formula is C18H17BrN4O4S. The minimum absolute atomic E-state index is 0.0205. The fourth-order valence-corrected chi connectivity index (χ4v) is 3.08. The minimum atomic E-state index is -3.73. The van der Waals surface area contributed by atoms with E-state index in [1.807, 2.05) is 24.3 Å². The third-order valence-corrected chi connectivity index (χ3v) is 5.21. The molecule has 0 radical (unpaired) electrons. The van der Waals surface area contributed by atoms with Gasteiger partial charge >= 0.3 is 0 Å². The molecule has 3 N–H and O–H groups in total. The highest BCUT2D eigenvalue weighted by molar-refractivity contribution is 9.10. The number of halogens is 1. The first kappa shape index (κ1) is 20.1. The van der Waals surface area contributed by atoms with Crippen LogP contribution in [0.4, 0.5) is 0 Å². The average molecular weight is 465 g/mol. The highest BCUT2D eigenvalue weighted by Crippen LogP contribution is 2.16. The highest BCUT2D eigenvalue weighted by Gasteiger charge is 2.11. The lowest BCUT2D eigenvalue weighted by atomic mass is 10.2. The van der Waals surface area contributed by atoms with E-state index in [0.29, 0.717) is 5.75 Å². The Morgan fingerprint density at radius 2 is 1.79 bits per heavy atom. The van der Waals surface area contributed by atoms with Gasteiger partial charge in [0.1, 0.15) is 11.4 Å². The number of amides is 1. The van der Waals surface area contributed by atoms with Gasteiger partial charge in [-0.2, -0.15) is 5.10 Å². The van der Waals surface area contributed by atoms with Crippen molar-refractivity contribution in [2.75, 3.05) is 0 Å². The molecule has 0 spiro atoms. The van der Waals surface area contributed by atoms with Crippen molar-refractivity contribution in [2.45, 2.75) is 18.2 Å². The van der Waals surface area contributed by atoms with Crippen molar-refractivity contribution < 1.29 is 17.9 Å². The van der Waals surface area contributed by atoms with Crippen LogP contribution in [0.3, 0.4) is 0 Å². The molecule has 3 rings (SSSR count). The number of rotatable bonds is 7. The number of aromatic nitrogens is 2. The zero-order chi connectivity index (χ0) is 20.1. The van der Waals surface area contributed by atoms with Crippen molar-refractivity contribution in [1.82, 2.24) is 15.1 Å². The van der Waals surface area contributed by atoms with Crippen molar-refractivity contribution in [3.8, 4) is 5.75 Å². The molecule has 2 aromatic carbocycles. The fourth-order valence-electron chi connectivity index (χ4n) is 2.30. The first-order valence-corrected chi connectivity index (χ1v) is 10.5. The molecule has 8 nitrogen and oxygen atoms in total. The van der Waals surface area contributed by atoms with Crippen LogP contribution in [0.2, 0.25) is 0 Å². The Morgan fingerprint density at radius 1 is 1.11 bits per heavy atom. The Bertz CT molecular complexity index is 1060. The van der Waals surface area contributed by atoms with Crippen LogP contribution in [-0.2, 0) is 23.3 Å². The number of carbonyl (C=O) groups excluding carboxylic acids is 1. The number of nitrogens with two attached hydrogens (primary N) is 1. The van der Waals surface area contributed by atoms with E-state index in [0.717, 1.165) is 10.0 Å². The number of ether oxygens (including phenoxy) is 1. The summed E-state index contributed by atoms with van der Waals surface area (Å²) in [5, 5.41) is 12.0. The van der Waals surface area contributed by atoms with E-state index in [-0.39, 0.29) is 29.8 Å². The van der Waals surface area contributed by atoms with Gasteiger partial charge in [0.2, 0.25) is 10.0 Å². The van der Waals surface area contributed by atoms with Gasteiger partial charge < -0.3 is 10.1 Å². The summed E-state index contributed by atoms with van der Waals surface area (Å²) in [4.78, 5) is 12.2. The van der Waals surface area contributed by atoms with E-state index in [4.69, 9.17) is 9.88 Å². The van der Waals surface area contributed by atoms with Crippen molar-refractivity contribution in [2.24, 2.45) is 5.14 Å². The number of hydrogen-bond donors (Lipinski definition) is 2. The van der Waals surface area contributed by atoms with Gasteiger partial charge in [0.25, 0.3) is 5.91 Å². The van der Waals surface area contributed by atoms with E-state index in [9.17, 15) is 13.2 Å². The molecular weight excluding hydrogens is 448 g/mol. The summed E-state index contributed by atoms with van der Waals surface area (Å²) in [7, 11) is -3.73. The largest absolute Gasteiger partial charge is 0.471 e. The molecule has 0 unspecified atom stereocenters. The Labute approximate surface area is 170 Å². The van der Waals surface area contributed by atoms with E-state index >= 15 is 0 Å². The Morgan fingerprint density at radius 3 is 2.43 bits per heavy atom. The topological polar surface area (TPSA) is 116 Å². The van der Waals surface area contributed by atoms with Crippen molar-refractivity contribution in [1.29, 1.82) is 0 Å². The normalized spacial score (nSPS) is 11.2. The lowest BCUT2D eigenvalue weighted by molar-refractivity contribution is 0.0944. The van der Waals surface area contributed by atoms with Gasteiger partial charge in [-0.25, -0.2) is 18.2 Å². The van der Waals surface area contributed by atoms with Crippen molar-refractivity contribution >= 4 is 31.9 Å². The molecule has 10 heteroatoms. The van der Waals surface area contributed by atoms with Crippen LogP contribution in [0.15, 0.2) is 70.2 Å². The highest BCUT2D eigenvalue weighted by atomic mass is 79.9. The number of nitrogens with zero attached hydrogens (tertiary/aromatic N) is 2. The van der Waals surface area contributed by atoms with Gasteiger partial charge in [-0.15, -0.1) is 0 Å². The maximum absolute atomic E-state index is 12.2. The Kier molecular flexibility index (Phi) is 6.12.